The molecule has 6 heteroatoms. The van der Waals surface area contributed by atoms with E-state index >= 15 is 0 Å². The molecule has 1 rings (SSSR count). The summed E-state index contributed by atoms with van der Waals surface area (Å²) >= 11 is 0. The van der Waals surface area contributed by atoms with Gasteiger partial charge in [0.05, 0.1) is 20.8 Å². The largest absolute Gasteiger partial charge is 0.493 e. The first kappa shape index (κ1) is 16.1. The first-order valence-electron chi connectivity index (χ1n) is 6.42. The van der Waals surface area contributed by atoms with Crippen LogP contribution in [0.4, 0.5) is 5.69 Å². The van der Waals surface area contributed by atoms with E-state index in [1.54, 1.807) is 18.2 Å². The summed E-state index contributed by atoms with van der Waals surface area (Å²) in [5.74, 6) is 0.752. The molecule has 1 atom stereocenters. The van der Waals surface area contributed by atoms with Crippen LogP contribution in [0.3, 0.4) is 0 Å². The third-order valence-electron chi connectivity index (χ3n) is 2.75. The van der Waals surface area contributed by atoms with Crippen molar-refractivity contribution in [2.75, 3.05) is 32.8 Å². The summed E-state index contributed by atoms with van der Waals surface area (Å²) in [4.78, 5) is 11.6. The molecule has 0 aromatic heterocycles. The van der Waals surface area contributed by atoms with Gasteiger partial charge in [0.15, 0.2) is 11.5 Å². The minimum atomic E-state index is -0.418. The van der Waals surface area contributed by atoms with E-state index in [1.165, 1.54) is 14.2 Å². The van der Waals surface area contributed by atoms with Crippen molar-refractivity contribution < 1.29 is 24.1 Å². The number of aliphatic hydroxyl groups excluding tert-OH is 1. The van der Waals surface area contributed by atoms with E-state index in [0.717, 1.165) is 5.69 Å². The second kappa shape index (κ2) is 8.27. The quantitative estimate of drug-likeness (QED) is 0.703. The minimum absolute atomic E-state index is 0.0828. The number of aliphatic hydroxyl groups is 1. The van der Waals surface area contributed by atoms with Crippen molar-refractivity contribution >= 4 is 11.7 Å². The van der Waals surface area contributed by atoms with E-state index in [9.17, 15) is 4.79 Å². The number of carbonyl (C=O) groups is 1. The number of benzene rings is 1. The number of esters is 1. The van der Waals surface area contributed by atoms with Gasteiger partial charge < -0.3 is 24.6 Å². The number of rotatable bonds is 8. The van der Waals surface area contributed by atoms with Gasteiger partial charge in [0.25, 0.3) is 0 Å². The lowest BCUT2D eigenvalue weighted by Crippen LogP contribution is -2.29. The Morgan fingerprint density at radius 2 is 2.10 bits per heavy atom. The molecule has 2 N–H and O–H groups in total. The van der Waals surface area contributed by atoms with Crippen LogP contribution in [0.25, 0.3) is 0 Å². The van der Waals surface area contributed by atoms with Gasteiger partial charge in [0, 0.05) is 11.8 Å². The molecule has 0 heterocycles. The van der Waals surface area contributed by atoms with Gasteiger partial charge in [-0.05, 0) is 18.6 Å². The summed E-state index contributed by atoms with van der Waals surface area (Å²) in [6.07, 6.45) is 0.603. The highest BCUT2D eigenvalue weighted by atomic mass is 16.5. The predicted octanol–water partition coefficient (Wildman–Crippen LogP) is 1.43. The van der Waals surface area contributed by atoms with Crippen LogP contribution in [0.5, 0.6) is 11.5 Å². The molecule has 0 aliphatic rings. The Balaban J connectivity index is 2.87. The maximum Gasteiger partial charge on any atom is 0.328 e. The average molecular weight is 283 g/mol. The molecular formula is C14H21NO5. The number of nitrogens with one attached hydrogen (secondary N) is 1. The number of anilines is 1. The maximum absolute atomic E-state index is 11.6. The number of hydrogen-bond donors (Lipinski definition) is 2. The normalized spacial score (nSPS) is 11.6. The molecule has 6 nitrogen and oxygen atoms in total. The Labute approximate surface area is 118 Å². The number of hydrogen-bond acceptors (Lipinski definition) is 6. The Morgan fingerprint density at radius 3 is 2.65 bits per heavy atom. The van der Waals surface area contributed by atoms with Crippen LogP contribution in [0.15, 0.2) is 18.2 Å². The molecule has 20 heavy (non-hydrogen) atoms. The van der Waals surface area contributed by atoms with Crippen LogP contribution in [-0.4, -0.2) is 44.6 Å². The SMILES string of the molecule is CCC(Nc1ccc(OC)c(OCCO)c1)C(=O)OC. The highest BCUT2D eigenvalue weighted by Gasteiger charge is 2.17. The van der Waals surface area contributed by atoms with Gasteiger partial charge in [-0.25, -0.2) is 4.79 Å². The molecule has 0 saturated heterocycles. The van der Waals surface area contributed by atoms with E-state index in [0.29, 0.717) is 17.9 Å². The molecule has 0 amide bonds. The van der Waals surface area contributed by atoms with Gasteiger partial charge >= 0.3 is 5.97 Å². The fourth-order valence-corrected chi connectivity index (χ4v) is 1.71. The molecule has 0 spiro atoms. The third kappa shape index (κ3) is 4.31. The van der Waals surface area contributed by atoms with Crippen molar-refractivity contribution in [3.8, 4) is 11.5 Å². The van der Waals surface area contributed by atoms with Gasteiger partial charge in [0.2, 0.25) is 0 Å². The predicted molar refractivity (Wildman–Crippen MR) is 75.3 cm³/mol. The molecule has 1 aromatic carbocycles. The summed E-state index contributed by atoms with van der Waals surface area (Å²) < 4.78 is 15.3. The first-order valence-corrected chi connectivity index (χ1v) is 6.42. The van der Waals surface area contributed by atoms with Crippen LogP contribution < -0.4 is 14.8 Å². The molecule has 112 valence electrons. The first-order chi connectivity index (χ1) is 9.65. The number of methoxy groups -OCH3 is 2. The van der Waals surface area contributed by atoms with Gasteiger partial charge in [-0.1, -0.05) is 6.92 Å². The van der Waals surface area contributed by atoms with Gasteiger partial charge in [0.1, 0.15) is 12.6 Å². The Bertz CT molecular complexity index is 436. The topological polar surface area (TPSA) is 77.0 Å². The van der Waals surface area contributed by atoms with Crippen molar-refractivity contribution in [3.05, 3.63) is 18.2 Å². The smallest absolute Gasteiger partial charge is 0.328 e. The molecule has 0 aliphatic heterocycles. The zero-order valence-electron chi connectivity index (χ0n) is 12.0. The van der Waals surface area contributed by atoms with E-state index in [1.807, 2.05) is 6.92 Å². The summed E-state index contributed by atoms with van der Waals surface area (Å²) in [6, 6.07) is 4.83. The lowest BCUT2D eigenvalue weighted by atomic mass is 10.2. The van der Waals surface area contributed by atoms with Crippen LogP contribution >= 0.6 is 0 Å². The summed E-state index contributed by atoms with van der Waals surface area (Å²) in [7, 11) is 2.90. The Hall–Kier alpha value is -1.95. The second-order valence-corrected chi connectivity index (χ2v) is 4.07. The molecule has 0 aliphatic carbocycles. The van der Waals surface area contributed by atoms with Gasteiger partial charge in [-0.2, -0.15) is 0 Å². The lowest BCUT2D eigenvalue weighted by Gasteiger charge is -2.17. The summed E-state index contributed by atoms with van der Waals surface area (Å²) in [5, 5.41) is 11.9. The fourth-order valence-electron chi connectivity index (χ4n) is 1.71. The van der Waals surface area contributed by atoms with Gasteiger partial charge in [-0.3, -0.25) is 0 Å². The molecular weight excluding hydrogens is 262 g/mol. The maximum atomic E-state index is 11.6. The van der Waals surface area contributed by atoms with Crippen molar-refractivity contribution in [1.82, 2.24) is 0 Å². The standard InChI is InChI=1S/C14H21NO5/c1-4-11(14(17)19-3)15-10-5-6-12(18-2)13(9-10)20-8-7-16/h5-6,9,11,15-16H,4,7-8H2,1-3H3. The molecule has 1 aromatic rings. The highest BCUT2D eigenvalue weighted by Crippen LogP contribution is 2.30. The molecule has 0 fully saturated rings. The molecule has 1 unspecified atom stereocenters. The fraction of sp³-hybridized carbons (Fsp3) is 0.500. The van der Waals surface area contributed by atoms with Crippen molar-refractivity contribution in [2.24, 2.45) is 0 Å². The number of carbonyl (C=O) groups excluding carboxylic acids is 1. The van der Waals surface area contributed by atoms with Crippen LogP contribution in [0, 0.1) is 0 Å². The Morgan fingerprint density at radius 1 is 1.35 bits per heavy atom. The summed E-state index contributed by atoms with van der Waals surface area (Å²) in [5.41, 5.74) is 0.719. The molecule has 0 saturated carbocycles. The van der Waals surface area contributed by atoms with Crippen LogP contribution in [0.2, 0.25) is 0 Å². The highest BCUT2D eigenvalue weighted by molar-refractivity contribution is 5.79. The van der Waals surface area contributed by atoms with E-state index in [4.69, 9.17) is 19.3 Å². The van der Waals surface area contributed by atoms with Crippen molar-refractivity contribution in [2.45, 2.75) is 19.4 Å². The van der Waals surface area contributed by atoms with Gasteiger partial charge in [-0.15, -0.1) is 0 Å². The lowest BCUT2D eigenvalue weighted by molar-refractivity contribution is -0.141. The van der Waals surface area contributed by atoms with Crippen molar-refractivity contribution in [1.29, 1.82) is 0 Å². The zero-order chi connectivity index (χ0) is 15.0. The summed E-state index contributed by atoms with van der Waals surface area (Å²) in [6.45, 7) is 1.98. The Kier molecular flexibility index (Phi) is 6.66. The monoisotopic (exact) mass is 283 g/mol. The third-order valence-corrected chi connectivity index (χ3v) is 2.75. The number of ether oxygens (including phenoxy) is 3. The van der Waals surface area contributed by atoms with E-state index in [-0.39, 0.29) is 19.2 Å². The van der Waals surface area contributed by atoms with Crippen LogP contribution in [0.1, 0.15) is 13.3 Å². The second-order valence-electron chi connectivity index (χ2n) is 4.07. The van der Waals surface area contributed by atoms with E-state index in [2.05, 4.69) is 5.32 Å². The van der Waals surface area contributed by atoms with Crippen molar-refractivity contribution in [3.63, 3.8) is 0 Å². The van der Waals surface area contributed by atoms with E-state index < -0.39 is 6.04 Å². The zero-order valence-corrected chi connectivity index (χ0v) is 12.0. The molecule has 0 bridgehead atoms. The minimum Gasteiger partial charge on any atom is -0.493 e. The average Bonchev–Trinajstić information content (AvgIpc) is 2.49. The van der Waals surface area contributed by atoms with Crippen LogP contribution in [-0.2, 0) is 9.53 Å². The molecule has 0 radical (unpaired) electrons.